The van der Waals surface area contributed by atoms with Crippen molar-refractivity contribution in [2.45, 2.75) is 76.1 Å². The summed E-state index contributed by atoms with van der Waals surface area (Å²) in [4.78, 5) is 28.4. The van der Waals surface area contributed by atoms with Gasteiger partial charge in [0.05, 0.1) is 28.9 Å². The summed E-state index contributed by atoms with van der Waals surface area (Å²) in [5.41, 5.74) is 0.552. The number of hydrogen-bond donors (Lipinski definition) is 1. The van der Waals surface area contributed by atoms with Crippen molar-refractivity contribution in [2.75, 3.05) is 5.75 Å². The maximum Gasteiger partial charge on any atom is 0.304 e. The molecular weight excluding hydrogens is 545 g/mol. The minimum atomic E-state index is -3.50. The van der Waals surface area contributed by atoms with Crippen LogP contribution in [0.2, 0.25) is 10.0 Å². The van der Waals surface area contributed by atoms with E-state index >= 15 is 0 Å². The van der Waals surface area contributed by atoms with E-state index in [9.17, 15) is 23.1 Å². The molecule has 9 heteroatoms. The van der Waals surface area contributed by atoms with Gasteiger partial charge in [-0.1, -0.05) is 54.4 Å². The predicted molar refractivity (Wildman–Crippen MR) is 150 cm³/mol. The summed E-state index contributed by atoms with van der Waals surface area (Å²) >= 11 is 12.6. The number of nitrogens with zero attached hydrogens (tertiary/aromatic N) is 1. The highest BCUT2D eigenvalue weighted by Gasteiger charge is 2.56. The number of carboxylic acids is 1. The van der Waals surface area contributed by atoms with E-state index in [-0.39, 0.29) is 29.9 Å². The average molecular weight is 581 g/mol. The second-order valence-corrected chi connectivity index (χ2v) is 14.5. The van der Waals surface area contributed by atoms with Crippen molar-refractivity contribution < 1.29 is 23.1 Å². The summed E-state index contributed by atoms with van der Waals surface area (Å²) in [5.74, 6) is -1.74. The zero-order valence-electron chi connectivity index (χ0n) is 21.9. The molecule has 1 saturated carbocycles. The molecule has 6 nitrogen and oxygen atoms in total. The molecule has 0 aromatic heterocycles. The first kappa shape index (κ1) is 28.9. The van der Waals surface area contributed by atoms with Crippen LogP contribution >= 0.6 is 23.2 Å². The standard InChI is InChI=1S/C29H35Cl2NO5S/c1-4-29(16-26(33)34)15-24(21-6-5-7-23(31)14-21)27(20-10-12-22(30)13-11-20)32(28(29)35)25(19-8-9-19)17-38(36,37)18(2)3/h5-7,10-14,18-19,24-25,27H,4,8-9,15-17H2,1-3H3,(H,33,34)/t24-,25-,27-,29-/m1/s1. The number of hydrogen-bond acceptors (Lipinski definition) is 4. The number of amides is 1. The summed E-state index contributed by atoms with van der Waals surface area (Å²) in [6.07, 6.45) is 1.97. The van der Waals surface area contributed by atoms with Crippen LogP contribution in [0.1, 0.15) is 76.0 Å². The third-order valence-corrected chi connectivity index (χ3v) is 11.0. The Hall–Kier alpha value is -2.09. The van der Waals surface area contributed by atoms with Gasteiger partial charge in [0, 0.05) is 22.0 Å². The number of likely N-dealkylation sites (tertiary alicyclic amines) is 1. The maximum absolute atomic E-state index is 14.6. The van der Waals surface area contributed by atoms with Crippen LogP contribution in [0.25, 0.3) is 0 Å². The normalized spacial score (nSPS) is 25.0. The van der Waals surface area contributed by atoms with Gasteiger partial charge in [-0.3, -0.25) is 9.59 Å². The van der Waals surface area contributed by atoms with Crippen LogP contribution < -0.4 is 0 Å². The van der Waals surface area contributed by atoms with Gasteiger partial charge >= 0.3 is 5.97 Å². The minimum absolute atomic E-state index is 0.0415. The highest BCUT2D eigenvalue weighted by Crippen LogP contribution is 2.55. The zero-order chi connectivity index (χ0) is 27.8. The molecule has 206 valence electrons. The van der Waals surface area contributed by atoms with Crippen molar-refractivity contribution in [1.82, 2.24) is 4.90 Å². The highest BCUT2D eigenvalue weighted by molar-refractivity contribution is 7.92. The van der Waals surface area contributed by atoms with Gasteiger partial charge in [-0.2, -0.15) is 0 Å². The lowest BCUT2D eigenvalue weighted by molar-refractivity contribution is -0.162. The first-order valence-electron chi connectivity index (χ1n) is 13.2. The Kier molecular flexibility index (Phi) is 8.51. The molecule has 2 aliphatic rings. The fourth-order valence-electron chi connectivity index (χ4n) is 5.87. The molecular formula is C29H35Cl2NO5S. The maximum atomic E-state index is 14.6. The van der Waals surface area contributed by atoms with Crippen molar-refractivity contribution in [3.63, 3.8) is 0 Å². The van der Waals surface area contributed by atoms with Gasteiger partial charge in [0.1, 0.15) is 0 Å². The molecule has 0 spiro atoms. The fourth-order valence-corrected chi connectivity index (χ4v) is 7.49. The fraction of sp³-hybridized carbons (Fsp3) is 0.517. The molecule has 1 aliphatic heterocycles. The summed E-state index contributed by atoms with van der Waals surface area (Å²) in [6.45, 7) is 5.15. The molecule has 4 rings (SSSR count). The smallest absolute Gasteiger partial charge is 0.304 e. The summed E-state index contributed by atoms with van der Waals surface area (Å²) in [7, 11) is -3.50. The number of halogens is 2. The number of aliphatic carboxylic acids is 1. The van der Waals surface area contributed by atoms with Gasteiger partial charge in [0.25, 0.3) is 0 Å². The van der Waals surface area contributed by atoms with Crippen molar-refractivity contribution in [3.8, 4) is 0 Å². The van der Waals surface area contributed by atoms with Gasteiger partial charge in [-0.05, 0) is 80.8 Å². The molecule has 0 unspecified atom stereocenters. The quantitative estimate of drug-likeness (QED) is 0.345. The van der Waals surface area contributed by atoms with E-state index in [1.54, 1.807) is 36.9 Å². The van der Waals surface area contributed by atoms with E-state index in [4.69, 9.17) is 23.2 Å². The van der Waals surface area contributed by atoms with Crippen LogP contribution in [0.5, 0.6) is 0 Å². The zero-order valence-corrected chi connectivity index (χ0v) is 24.3. The molecule has 38 heavy (non-hydrogen) atoms. The van der Waals surface area contributed by atoms with Gasteiger partial charge in [0.15, 0.2) is 9.84 Å². The Morgan fingerprint density at radius 2 is 1.74 bits per heavy atom. The molecule has 1 aliphatic carbocycles. The number of carboxylic acid groups (broad SMARTS) is 1. The van der Waals surface area contributed by atoms with Gasteiger partial charge in [0.2, 0.25) is 5.91 Å². The van der Waals surface area contributed by atoms with Crippen LogP contribution in [0.4, 0.5) is 0 Å². The Morgan fingerprint density at radius 1 is 1.08 bits per heavy atom. The minimum Gasteiger partial charge on any atom is -0.481 e. The van der Waals surface area contributed by atoms with E-state index < -0.39 is 38.6 Å². The predicted octanol–water partition coefficient (Wildman–Crippen LogP) is 6.52. The lowest BCUT2D eigenvalue weighted by atomic mass is 9.65. The van der Waals surface area contributed by atoms with Gasteiger partial charge in [-0.25, -0.2) is 8.42 Å². The van der Waals surface area contributed by atoms with Crippen LogP contribution in [0, 0.1) is 11.3 Å². The van der Waals surface area contributed by atoms with Crippen LogP contribution in [-0.4, -0.2) is 47.3 Å². The number of carbonyl (C=O) groups excluding carboxylic acids is 1. The summed E-state index contributed by atoms with van der Waals surface area (Å²) in [6, 6.07) is 13.7. The molecule has 2 fully saturated rings. The summed E-state index contributed by atoms with van der Waals surface area (Å²) in [5, 5.41) is 10.4. The SMILES string of the molecule is CC[C@]1(CC(=O)O)C[C@H](c2cccc(Cl)c2)[C@@H](c2ccc(Cl)cc2)N([C@H](CS(=O)(=O)C(C)C)C2CC2)C1=O. The number of benzene rings is 2. The number of piperidine rings is 1. The lowest BCUT2D eigenvalue weighted by Crippen LogP contribution is -2.59. The molecule has 1 heterocycles. The first-order valence-corrected chi connectivity index (χ1v) is 15.6. The highest BCUT2D eigenvalue weighted by atomic mass is 35.5. The second kappa shape index (κ2) is 11.2. The Morgan fingerprint density at radius 3 is 2.26 bits per heavy atom. The topological polar surface area (TPSA) is 91.8 Å². The van der Waals surface area contributed by atoms with Crippen molar-refractivity contribution in [1.29, 1.82) is 0 Å². The lowest BCUT2D eigenvalue weighted by Gasteiger charge is -2.53. The largest absolute Gasteiger partial charge is 0.481 e. The van der Waals surface area contributed by atoms with Crippen molar-refractivity contribution >= 4 is 44.9 Å². The van der Waals surface area contributed by atoms with E-state index in [1.807, 2.05) is 37.3 Å². The Balaban J connectivity index is 1.96. The van der Waals surface area contributed by atoms with Gasteiger partial charge in [-0.15, -0.1) is 0 Å². The van der Waals surface area contributed by atoms with E-state index in [2.05, 4.69) is 0 Å². The molecule has 4 atom stereocenters. The Bertz CT molecular complexity index is 1290. The number of sulfone groups is 1. The van der Waals surface area contributed by atoms with Gasteiger partial charge < -0.3 is 10.0 Å². The monoisotopic (exact) mass is 579 g/mol. The molecule has 0 bridgehead atoms. The molecule has 1 N–H and O–H groups in total. The Labute approximate surface area is 235 Å². The van der Waals surface area contributed by atoms with Crippen molar-refractivity contribution in [3.05, 3.63) is 69.7 Å². The molecule has 0 radical (unpaired) electrons. The van der Waals surface area contributed by atoms with Crippen LogP contribution in [0.3, 0.4) is 0 Å². The van der Waals surface area contributed by atoms with E-state index in [0.717, 1.165) is 24.0 Å². The first-order chi connectivity index (χ1) is 17.9. The van der Waals surface area contributed by atoms with Crippen molar-refractivity contribution in [2.24, 2.45) is 11.3 Å². The summed E-state index contributed by atoms with van der Waals surface area (Å²) < 4.78 is 26.5. The number of carbonyl (C=O) groups is 2. The number of rotatable bonds is 10. The second-order valence-electron chi connectivity index (χ2n) is 11.1. The average Bonchev–Trinajstić information content (AvgIpc) is 3.69. The third kappa shape index (κ3) is 5.90. The van der Waals surface area contributed by atoms with E-state index in [0.29, 0.717) is 22.9 Å². The van der Waals surface area contributed by atoms with E-state index in [1.165, 1.54) is 0 Å². The molecule has 1 saturated heterocycles. The molecule has 2 aromatic rings. The van der Waals surface area contributed by atoms with Crippen LogP contribution in [-0.2, 0) is 19.4 Å². The van der Waals surface area contributed by atoms with Crippen LogP contribution in [0.15, 0.2) is 48.5 Å². The molecule has 2 aromatic carbocycles. The third-order valence-electron chi connectivity index (χ3n) is 8.28. The molecule has 1 amide bonds.